The van der Waals surface area contributed by atoms with E-state index in [1.165, 1.54) is 13.2 Å². The maximum Gasteiger partial charge on any atom is 0.241 e. The predicted octanol–water partition coefficient (Wildman–Crippen LogP) is 2.85. The molecule has 0 aromatic heterocycles. The molecule has 5 nitrogen and oxygen atoms in total. The maximum atomic E-state index is 14.0. The highest BCUT2D eigenvalue weighted by Crippen LogP contribution is 2.30. The lowest BCUT2D eigenvalue weighted by atomic mass is 9.86. The van der Waals surface area contributed by atoms with Crippen LogP contribution >= 0.6 is 0 Å². The molecular formula is C18H17FN2O3. The number of benzene rings is 2. The lowest BCUT2D eigenvalue weighted by Crippen LogP contribution is -2.32. The second kappa shape index (κ2) is 6.70. The van der Waals surface area contributed by atoms with E-state index in [2.05, 4.69) is 10.5 Å². The standard InChI is InChI=1S/C18H17FN2O3/c1-23-13-6-3-11(4-7-13)18-14(10-17(22)20-21-18)12-5-8-16(24-2)15(19)9-12/h3-9,14H,10H2,1-2H3,(H,20,22). The van der Waals surface area contributed by atoms with Gasteiger partial charge >= 0.3 is 0 Å². The first-order valence-corrected chi connectivity index (χ1v) is 7.46. The van der Waals surface area contributed by atoms with E-state index in [9.17, 15) is 9.18 Å². The zero-order chi connectivity index (χ0) is 17.1. The molecule has 6 heteroatoms. The number of carbonyl (C=O) groups is 1. The Hall–Kier alpha value is -2.89. The van der Waals surface area contributed by atoms with Crippen molar-refractivity contribution < 1.29 is 18.7 Å². The summed E-state index contributed by atoms with van der Waals surface area (Å²) < 4.78 is 24.1. The van der Waals surface area contributed by atoms with Gasteiger partial charge in [-0.15, -0.1) is 0 Å². The zero-order valence-corrected chi connectivity index (χ0v) is 13.4. The molecule has 0 saturated heterocycles. The number of ether oxygens (including phenoxy) is 2. The van der Waals surface area contributed by atoms with Crippen LogP contribution in [0, 0.1) is 5.82 Å². The molecule has 1 unspecified atom stereocenters. The number of hydrogen-bond acceptors (Lipinski definition) is 4. The number of methoxy groups -OCH3 is 2. The van der Waals surface area contributed by atoms with Gasteiger partial charge in [0.05, 0.1) is 19.9 Å². The Bertz CT molecular complexity index is 787. The van der Waals surface area contributed by atoms with Crippen LogP contribution in [0.2, 0.25) is 0 Å². The molecule has 2 aromatic rings. The van der Waals surface area contributed by atoms with Crippen molar-refractivity contribution in [3.63, 3.8) is 0 Å². The van der Waals surface area contributed by atoms with Crippen LogP contribution in [0.1, 0.15) is 23.5 Å². The average molecular weight is 328 g/mol. The second-order valence-corrected chi connectivity index (χ2v) is 5.41. The highest BCUT2D eigenvalue weighted by Gasteiger charge is 2.28. The molecule has 0 radical (unpaired) electrons. The summed E-state index contributed by atoms with van der Waals surface area (Å²) in [5.41, 5.74) is 4.70. The number of hydrazone groups is 1. The highest BCUT2D eigenvalue weighted by atomic mass is 19.1. The molecule has 0 fully saturated rings. The third-order valence-electron chi connectivity index (χ3n) is 3.98. The minimum Gasteiger partial charge on any atom is -0.497 e. The molecule has 1 heterocycles. The summed E-state index contributed by atoms with van der Waals surface area (Å²) in [6, 6.07) is 12.1. The largest absolute Gasteiger partial charge is 0.497 e. The Morgan fingerprint density at radius 1 is 1.12 bits per heavy atom. The van der Waals surface area contributed by atoms with Crippen LogP contribution in [0.4, 0.5) is 4.39 Å². The summed E-state index contributed by atoms with van der Waals surface area (Å²) in [6.07, 6.45) is 0.205. The molecule has 1 amide bonds. The third-order valence-corrected chi connectivity index (χ3v) is 3.98. The van der Waals surface area contributed by atoms with Crippen molar-refractivity contribution in [2.45, 2.75) is 12.3 Å². The molecule has 1 aliphatic heterocycles. The van der Waals surface area contributed by atoms with Crippen molar-refractivity contribution in [1.82, 2.24) is 5.43 Å². The summed E-state index contributed by atoms with van der Waals surface area (Å²) in [4.78, 5) is 11.8. The van der Waals surface area contributed by atoms with Crippen molar-refractivity contribution in [2.75, 3.05) is 14.2 Å². The number of carbonyl (C=O) groups excluding carboxylic acids is 1. The minimum absolute atomic E-state index is 0.168. The normalized spacial score (nSPS) is 17.0. The Kier molecular flexibility index (Phi) is 4.46. The average Bonchev–Trinajstić information content (AvgIpc) is 2.61. The van der Waals surface area contributed by atoms with E-state index in [4.69, 9.17) is 9.47 Å². The first-order valence-electron chi connectivity index (χ1n) is 7.46. The monoisotopic (exact) mass is 328 g/mol. The smallest absolute Gasteiger partial charge is 0.241 e. The van der Waals surface area contributed by atoms with Gasteiger partial charge in [-0.1, -0.05) is 6.07 Å². The van der Waals surface area contributed by atoms with Gasteiger partial charge in [0.15, 0.2) is 11.6 Å². The fourth-order valence-corrected chi connectivity index (χ4v) is 2.73. The Balaban J connectivity index is 1.99. The summed E-state index contributed by atoms with van der Waals surface area (Å²) in [7, 11) is 3.01. The molecule has 1 aliphatic rings. The summed E-state index contributed by atoms with van der Waals surface area (Å²) in [5, 5.41) is 4.19. The van der Waals surface area contributed by atoms with E-state index >= 15 is 0 Å². The summed E-state index contributed by atoms with van der Waals surface area (Å²) >= 11 is 0. The number of nitrogens with zero attached hydrogens (tertiary/aromatic N) is 1. The highest BCUT2D eigenvalue weighted by molar-refractivity contribution is 6.08. The van der Waals surface area contributed by atoms with Gasteiger partial charge in [-0.25, -0.2) is 9.82 Å². The van der Waals surface area contributed by atoms with Crippen molar-refractivity contribution >= 4 is 11.6 Å². The molecule has 3 rings (SSSR count). The third kappa shape index (κ3) is 3.08. The molecule has 0 saturated carbocycles. The molecular weight excluding hydrogens is 311 g/mol. The SMILES string of the molecule is COc1ccc(C2=NNC(=O)CC2c2ccc(OC)c(F)c2)cc1. The van der Waals surface area contributed by atoms with Gasteiger partial charge in [0.1, 0.15) is 5.75 Å². The van der Waals surface area contributed by atoms with Crippen LogP contribution in [0.5, 0.6) is 11.5 Å². The lowest BCUT2D eigenvalue weighted by Gasteiger charge is -2.23. The van der Waals surface area contributed by atoms with E-state index in [-0.39, 0.29) is 24.0 Å². The zero-order valence-electron chi connectivity index (χ0n) is 13.4. The molecule has 0 bridgehead atoms. The van der Waals surface area contributed by atoms with Crippen LogP contribution in [0.3, 0.4) is 0 Å². The van der Waals surface area contributed by atoms with Crippen molar-refractivity contribution in [1.29, 1.82) is 0 Å². The minimum atomic E-state index is -0.463. The Morgan fingerprint density at radius 3 is 2.50 bits per heavy atom. The van der Waals surface area contributed by atoms with E-state index in [1.54, 1.807) is 19.2 Å². The van der Waals surface area contributed by atoms with Crippen LogP contribution in [0.15, 0.2) is 47.6 Å². The van der Waals surface area contributed by atoms with Crippen molar-refractivity contribution in [2.24, 2.45) is 5.10 Å². The van der Waals surface area contributed by atoms with Crippen LogP contribution in [-0.4, -0.2) is 25.8 Å². The first kappa shape index (κ1) is 16.0. The van der Waals surface area contributed by atoms with E-state index in [1.807, 2.05) is 24.3 Å². The molecule has 1 N–H and O–H groups in total. The van der Waals surface area contributed by atoms with Gasteiger partial charge in [0, 0.05) is 12.3 Å². The van der Waals surface area contributed by atoms with Crippen molar-refractivity contribution in [3.8, 4) is 11.5 Å². The van der Waals surface area contributed by atoms with Gasteiger partial charge in [-0.3, -0.25) is 4.79 Å². The fraction of sp³-hybridized carbons (Fsp3) is 0.222. The maximum absolute atomic E-state index is 14.0. The number of rotatable bonds is 4. The first-order chi connectivity index (χ1) is 11.6. The molecule has 1 atom stereocenters. The van der Waals surface area contributed by atoms with Gasteiger partial charge in [0.25, 0.3) is 0 Å². The summed E-state index contributed by atoms with van der Waals surface area (Å²) in [5.74, 6) is -0.0933. The number of nitrogens with one attached hydrogen (secondary N) is 1. The van der Waals surface area contributed by atoms with Gasteiger partial charge < -0.3 is 9.47 Å². The molecule has 124 valence electrons. The molecule has 24 heavy (non-hydrogen) atoms. The topological polar surface area (TPSA) is 59.9 Å². The number of halogens is 1. The van der Waals surface area contributed by atoms with Crippen LogP contribution < -0.4 is 14.9 Å². The quantitative estimate of drug-likeness (QED) is 0.939. The lowest BCUT2D eigenvalue weighted by molar-refractivity contribution is -0.121. The van der Waals surface area contributed by atoms with E-state index in [0.29, 0.717) is 11.3 Å². The number of amides is 1. The van der Waals surface area contributed by atoms with Crippen LogP contribution in [0.25, 0.3) is 0 Å². The molecule has 2 aromatic carbocycles. The fourth-order valence-electron chi connectivity index (χ4n) is 2.73. The van der Waals surface area contributed by atoms with Gasteiger partial charge in [0.2, 0.25) is 5.91 Å². The van der Waals surface area contributed by atoms with Crippen molar-refractivity contribution in [3.05, 3.63) is 59.4 Å². The van der Waals surface area contributed by atoms with Crippen LogP contribution in [-0.2, 0) is 4.79 Å². The Morgan fingerprint density at radius 2 is 1.88 bits per heavy atom. The summed E-state index contributed by atoms with van der Waals surface area (Å²) in [6.45, 7) is 0. The predicted molar refractivity (Wildman–Crippen MR) is 88.0 cm³/mol. The molecule has 0 aliphatic carbocycles. The number of hydrogen-bond donors (Lipinski definition) is 1. The van der Waals surface area contributed by atoms with Gasteiger partial charge in [-0.05, 0) is 47.5 Å². The second-order valence-electron chi connectivity index (χ2n) is 5.41. The van der Waals surface area contributed by atoms with Gasteiger partial charge in [-0.2, -0.15) is 5.10 Å². The molecule has 0 spiro atoms. The van der Waals surface area contributed by atoms with E-state index < -0.39 is 5.82 Å². The van der Waals surface area contributed by atoms with E-state index in [0.717, 1.165) is 11.3 Å². The Labute approximate surface area is 139 Å².